The molecule has 4 aromatic heterocycles. The first kappa shape index (κ1) is 18.9. The van der Waals surface area contributed by atoms with Crippen LogP contribution in [0.3, 0.4) is 0 Å². The van der Waals surface area contributed by atoms with Gasteiger partial charge in [-0.05, 0) is 37.1 Å². The number of fused-ring (bicyclic) bond motifs is 2. The molecule has 160 valence electrons. The van der Waals surface area contributed by atoms with Crippen molar-refractivity contribution in [2.75, 3.05) is 11.4 Å². The fourth-order valence-electron chi connectivity index (χ4n) is 4.38. The summed E-state index contributed by atoms with van der Waals surface area (Å²) in [5, 5.41) is 5.04. The zero-order valence-corrected chi connectivity index (χ0v) is 17.4. The summed E-state index contributed by atoms with van der Waals surface area (Å²) in [6.45, 7) is 0.702. The third kappa shape index (κ3) is 2.79. The molecule has 5 heterocycles. The Kier molecular flexibility index (Phi) is 4.22. The fourth-order valence-corrected chi connectivity index (χ4v) is 4.60. The van der Waals surface area contributed by atoms with Crippen LogP contribution in [0.1, 0.15) is 24.7 Å². The van der Waals surface area contributed by atoms with Crippen LogP contribution >= 0.6 is 11.6 Å². The normalized spacial score (nSPS) is 16.4. The SMILES string of the molecule is O=c1c2c(Cl)ccn2nc([C@@H]2CCCN2c2ncnc3[nH]cnc23)n1-c1cccc(F)c1. The molecule has 0 unspecified atom stereocenters. The maximum atomic E-state index is 14.1. The van der Waals surface area contributed by atoms with Crippen molar-refractivity contribution in [1.82, 2.24) is 34.1 Å². The van der Waals surface area contributed by atoms with Gasteiger partial charge in [-0.15, -0.1) is 0 Å². The summed E-state index contributed by atoms with van der Waals surface area (Å²) in [5.41, 5.74) is 1.53. The highest BCUT2D eigenvalue weighted by Crippen LogP contribution is 2.37. The second-order valence-electron chi connectivity index (χ2n) is 7.58. The zero-order chi connectivity index (χ0) is 21.8. The number of anilines is 1. The molecule has 1 fully saturated rings. The van der Waals surface area contributed by atoms with Crippen LogP contribution in [0.25, 0.3) is 22.4 Å². The molecule has 0 aliphatic carbocycles. The van der Waals surface area contributed by atoms with E-state index in [0.29, 0.717) is 35.0 Å². The van der Waals surface area contributed by atoms with Gasteiger partial charge in [-0.3, -0.25) is 9.36 Å². The van der Waals surface area contributed by atoms with Crippen molar-refractivity contribution in [1.29, 1.82) is 0 Å². The van der Waals surface area contributed by atoms with Gasteiger partial charge in [0.05, 0.1) is 23.1 Å². The Morgan fingerprint density at radius 1 is 1.19 bits per heavy atom. The zero-order valence-electron chi connectivity index (χ0n) is 16.6. The van der Waals surface area contributed by atoms with Crippen LogP contribution in [-0.2, 0) is 0 Å². The van der Waals surface area contributed by atoms with Crippen molar-refractivity contribution in [3.63, 3.8) is 0 Å². The van der Waals surface area contributed by atoms with Crippen LogP contribution in [0.2, 0.25) is 5.02 Å². The molecular weight excluding hydrogens is 435 g/mol. The number of benzene rings is 1. The number of hydrogen-bond donors (Lipinski definition) is 1. The second-order valence-corrected chi connectivity index (χ2v) is 7.99. The molecule has 6 rings (SSSR count). The van der Waals surface area contributed by atoms with E-state index in [0.717, 1.165) is 12.8 Å². The van der Waals surface area contributed by atoms with Crippen molar-refractivity contribution < 1.29 is 4.39 Å². The number of hydrogen-bond acceptors (Lipinski definition) is 6. The van der Waals surface area contributed by atoms with Crippen molar-refractivity contribution in [2.24, 2.45) is 0 Å². The second kappa shape index (κ2) is 7.13. The third-order valence-electron chi connectivity index (χ3n) is 5.75. The van der Waals surface area contributed by atoms with Crippen LogP contribution in [0.4, 0.5) is 10.2 Å². The summed E-state index contributed by atoms with van der Waals surface area (Å²) in [6.07, 6.45) is 6.30. The highest BCUT2D eigenvalue weighted by molar-refractivity contribution is 6.33. The van der Waals surface area contributed by atoms with E-state index >= 15 is 0 Å². The Morgan fingerprint density at radius 2 is 2.09 bits per heavy atom. The lowest BCUT2D eigenvalue weighted by molar-refractivity contribution is 0.596. The molecular formula is C21H16ClFN8O. The van der Waals surface area contributed by atoms with Crippen molar-refractivity contribution in [3.8, 4) is 5.69 Å². The fraction of sp³-hybridized carbons (Fsp3) is 0.190. The van der Waals surface area contributed by atoms with Crippen LogP contribution in [0, 0.1) is 5.82 Å². The van der Waals surface area contributed by atoms with E-state index in [1.165, 1.54) is 27.5 Å². The number of nitrogens with one attached hydrogen (secondary N) is 1. The average Bonchev–Trinajstić information content (AvgIpc) is 3.53. The monoisotopic (exact) mass is 450 g/mol. The third-order valence-corrected chi connectivity index (χ3v) is 6.05. The van der Waals surface area contributed by atoms with Crippen LogP contribution < -0.4 is 10.5 Å². The molecule has 1 atom stereocenters. The predicted molar refractivity (Wildman–Crippen MR) is 117 cm³/mol. The Hall–Kier alpha value is -3.79. The van der Waals surface area contributed by atoms with Gasteiger partial charge < -0.3 is 9.88 Å². The molecule has 1 aromatic carbocycles. The molecule has 1 aliphatic rings. The van der Waals surface area contributed by atoms with Gasteiger partial charge in [0.1, 0.15) is 23.2 Å². The lowest BCUT2D eigenvalue weighted by Gasteiger charge is -2.27. The topological polar surface area (TPSA) is 97.0 Å². The molecule has 0 bridgehead atoms. The minimum Gasteiger partial charge on any atom is -0.344 e. The number of halogens is 2. The number of nitrogens with zero attached hydrogens (tertiary/aromatic N) is 7. The number of aromatic amines is 1. The maximum absolute atomic E-state index is 14.1. The van der Waals surface area contributed by atoms with Crippen LogP contribution in [0.5, 0.6) is 0 Å². The van der Waals surface area contributed by atoms with Gasteiger partial charge in [0.25, 0.3) is 5.56 Å². The molecule has 5 aromatic rings. The van der Waals surface area contributed by atoms with Gasteiger partial charge in [-0.1, -0.05) is 17.7 Å². The van der Waals surface area contributed by atoms with Gasteiger partial charge in [-0.25, -0.2) is 23.9 Å². The number of H-pyrrole nitrogens is 1. The Labute approximate surface area is 185 Å². The highest BCUT2D eigenvalue weighted by Gasteiger charge is 2.34. The summed E-state index contributed by atoms with van der Waals surface area (Å²) < 4.78 is 17.0. The van der Waals surface area contributed by atoms with Gasteiger partial charge >= 0.3 is 0 Å². The highest BCUT2D eigenvalue weighted by atomic mass is 35.5. The van der Waals surface area contributed by atoms with E-state index in [1.807, 2.05) is 0 Å². The van der Waals surface area contributed by atoms with Crippen molar-refractivity contribution >= 4 is 34.1 Å². The summed E-state index contributed by atoms with van der Waals surface area (Å²) >= 11 is 6.27. The molecule has 0 amide bonds. The van der Waals surface area contributed by atoms with Crippen molar-refractivity contribution in [3.05, 3.63) is 76.2 Å². The Balaban J connectivity index is 1.61. The molecule has 11 heteroatoms. The number of rotatable bonds is 3. The molecule has 1 aliphatic heterocycles. The van der Waals surface area contributed by atoms with E-state index in [2.05, 4.69) is 24.8 Å². The molecule has 0 radical (unpaired) electrons. The van der Waals surface area contributed by atoms with Gasteiger partial charge in [0.2, 0.25) is 0 Å². The van der Waals surface area contributed by atoms with E-state index in [9.17, 15) is 9.18 Å². The minimum atomic E-state index is -0.445. The first-order valence-corrected chi connectivity index (χ1v) is 10.5. The van der Waals surface area contributed by atoms with E-state index in [1.54, 1.807) is 30.7 Å². The van der Waals surface area contributed by atoms with E-state index in [4.69, 9.17) is 16.7 Å². The van der Waals surface area contributed by atoms with E-state index < -0.39 is 5.82 Å². The standard InChI is InChI=1S/C21H16ClFN8O/c22-14-6-8-30-17(14)21(32)31(13-4-1-3-12(23)9-13)19(28-30)15-5-2-7-29(15)20-16-18(25-10-24-16)26-11-27-20/h1,3-4,6,8-11,15H,2,5,7H2,(H,24,25,26,27)/t15-/m0/s1. The lowest BCUT2D eigenvalue weighted by atomic mass is 10.2. The molecule has 1 N–H and O–H groups in total. The predicted octanol–water partition coefficient (Wildman–Crippen LogP) is 3.29. The average molecular weight is 451 g/mol. The van der Waals surface area contributed by atoms with E-state index in [-0.39, 0.29) is 22.1 Å². The van der Waals surface area contributed by atoms with Crippen LogP contribution in [0.15, 0.2) is 54.0 Å². The van der Waals surface area contributed by atoms with Gasteiger partial charge in [-0.2, -0.15) is 5.10 Å². The number of imidazole rings is 1. The van der Waals surface area contributed by atoms with Crippen molar-refractivity contribution in [2.45, 2.75) is 18.9 Å². The van der Waals surface area contributed by atoms with Crippen LogP contribution in [-0.4, -0.2) is 40.7 Å². The first-order chi connectivity index (χ1) is 15.6. The van der Waals surface area contributed by atoms with Gasteiger partial charge in [0.15, 0.2) is 17.3 Å². The minimum absolute atomic E-state index is 0.237. The first-order valence-electron chi connectivity index (χ1n) is 10.1. The largest absolute Gasteiger partial charge is 0.344 e. The molecule has 9 nitrogen and oxygen atoms in total. The summed E-state index contributed by atoms with van der Waals surface area (Å²) in [7, 11) is 0. The molecule has 1 saturated heterocycles. The Bertz CT molecular complexity index is 1540. The van der Waals surface area contributed by atoms with Gasteiger partial charge in [0, 0.05) is 12.7 Å². The quantitative estimate of drug-likeness (QED) is 0.453. The lowest BCUT2D eigenvalue weighted by Crippen LogP contribution is -2.33. The molecule has 0 saturated carbocycles. The Morgan fingerprint density at radius 3 is 2.97 bits per heavy atom. The maximum Gasteiger partial charge on any atom is 0.284 e. The molecule has 32 heavy (non-hydrogen) atoms. The summed E-state index contributed by atoms with van der Waals surface area (Å²) in [5.74, 6) is 0.684. The molecule has 0 spiro atoms. The summed E-state index contributed by atoms with van der Waals surface area (Å²) in [4.78, 5) is 31.7. The number of aromatic nitrogens is 7. The smallest absolute Gasteiger partial charge is 0.284 e. The summed E-state index contributed by atoms with van der Waals surface area (Å²) in [6, 6.07) is 7.23.